The van der Waals surface area contributed by atoms with Crippen LogP contribution in [0.3, 0.4) is 0 Å². The smallest absolute Gasteiger partial charge is 0.355 e. The molecule has 11 heteroatoms. The highest BCUT2D eigenvalue weighted by Gasteiger charge is 2.34. The van der Waals surface area contributed by atoms with Crippen molar-refractivity contribution in [3.8, 4) is 11.4 Å². The fourth-order valence-electron chi connectivity index (χ4n) is 3.89. The number of rotatable bonds is 7. The van der Waals surface area contributed by atoms with Crippen molar-refractivity contribution in [2.24, 2.45) is 0 Å². The van der Waals surface area contributed by atoms with Crippen LogP contribution in [0, 0.1) is 0 Å². The van der Waals surface area contributed by atoms with E-state index in [0.717, 1.165) is 31.3 Å². The third-order valence-electron chi connectivity index (χ3n) is 5.85. The first-order chi connectivity index (χ1) is 17.5. The minimum atomic E-state index is -4.62. The number of hydrogen-bond donors (Lipinski definition) is 1. The van der Waals surface area contributed by atoms with Gasteiger partial charge in [-0.05, 0) is 67.7 Å². The van der Waals surface area contributed by atoms with E-state index in [9.17, 15) is 26.3 Å². The van der Waals surface area contributed by atoms with Gasteiger partial charge in [0.25, 0.3) is 0 Å². The molecule has 0 bridgehead atoms. The number of nitrogens with zero attached hydrogens (tertiary/aromatic N) is 4. The Morgan fingerprint density at radius 3 is 2.16 bits per heavy atom. The van der Waals surface area contributed by atoms with E-state index in [1.165, 1.54) is 30.5 Å². The van der Waals surface area contributed by atoms with Gasteiger partial charge in [-0.2, -0.15) is 26.3 Å². The molecule has 0 aliphatic carbocycles. The normalized spacial score (nSPS) is 12.4. The van der Waals surface area contributed by atoms with Crippen LogP contribution in [0.2, 0.25) is 0 Å². The zero-order chi connectivity index (χ0) is 26.8. The lowest BCUT2D eigenvalue weighted by atomic mass is 10.1. The van der Waals surface area contributed by atoms with Crippen molar-refractivity contribution in [2.45, 2.75) is 32.7 Å². The van der Waals surface area contributed by atoms with E-state index in [1.54, 1.807) is 12.1 Å². The van der Waals surface area contributed by atoms with E-state index in [0.29, 0.717) is 29.0 Å². The van der Waals surface area contributed by atoms with E-state index in [1.807, 2.05) is 13.8 Å². The van der Waals surface area contributed by atoms with Gasteiger partial charge in [-0.3, -0.25) is 9.88 Å². The topological polar surface area (TPSA) is 53.9 Å². The van der Waals surface area contributed by atoms with Crippen molar-refractivity contribution in [3.05, 3.63) is 77.6 Å². The summed E-state index contributed by atoms with van der Waals surface area (Å²) in [4.78, 5) is 15.0. The van der Waals surface area contributed by atoms with Crippen LogP contribution in [0.1, 0.15) is 30.7 Å². The Balaban J connectivity index is 1.81. The molecule has 37 heavy (non-hydrogen) atoms. The van der Waals surface area contributed by atoms with E-state index in [2.05, 4.69) is 25.2 Å². The van der Waals surface area contributed by atoms with Crippen LogP contribution >= 0.6 is 0 Å². The summed E-state index contributed by atoms with van der Waals surface area (Å²) in [6.45, 7) is 5.92. The molecule has 4 rings (SSSR count). The highest BCUT2D eigenvalue weighted by atomic mass is 19.4. The fraction of sp³-hybridized carbons (Fsp3) is 0.269. The van der Waals surface area contributed by atoms with Crippen molar-refractivity contribution >= 4 is 22.4 Å². The molecule has 5 nitrogen and oxygen atoms in total. The largest absolute Gasteiger partial charge is 0.418 e. The molecule has 0 aliphatic heterocycles. The van der Waals surface area contributed by atoms with Crippen molar-refractivity contribution in [1.82, 2.24) is 19.9 Å². The summed E-state index contributed by atoms with van der Waals surface area (Å²) in [5.74, 6) is 0. The van der Waals surface area contributed by atoms with Gasteiger partial charge < -0.3 is 5.32 Å². The molecule has 3 heterocycles. The number of halogens is 6. The first-order valence-electron chi connectivity index (χ1n) is 11.5. The summed E-state index contributed by atoms with van der Waals surface area (Å²) in [7, 11) is 0. The minimum absolute atomic E-state index is 0.00777. The van der Waals surface area contributed by atoms with Gasteiger partial charge in [0, 0.05) is 23.8 Å². The summed E-state index contributed by atoms with van der Waals surface area (Å²) >= 11 is 0. The maximum Gasteiger partial charge on any atom is 0.418 e. The maximum absolute atomic E-state index is 13.6. The van der Waals surface area contributed by atoms with Crippen LogP contribution in [0.15, 0.2) is 60.8 Å². The lowest BCUT2D eigenvalue weighted by Crippen LogP contribution is -2.22. The highest BCUT2D eigenvalue weighted by molar-refractivity contribution is 5.92. The van der Waals surface area contributed by atoms with Gasteiger partial charge in [-0.1, -0.05) is 13.8 Å². The first kappa shape index (κ1) is 26.3. The van der Waals surface area contributed by atoms with Crippen LogP contribution in [-0.4, -0.2) is 32.9 Å². The molecule has 194 valence electrons. The number of aromatic nitrogens is 3. The number of fused-ring (bicyclic) bond motifs is 1. The molecule has 4 aromatic rings. The predicted molar refractivity (Wildman–Crippen MR) is 129 cm³/mol. The van der Waals surface area contributed by atoms with E-state index in [-0.39, 0.29) is 17.0 Å². The molecule has 0 unspecified atom stereocenters. The number of hydrogen-bond acceptors (Lipinski definition) is 5. The Morgan fingerprint density at radius 2 is 1.54 bits per heavy atom. The van der Waals surface area contributed by atoms with Crippen LogP contribution < -0.4 is 5.32 Å². The first-order valence-corrected chi connectivity index (χ1v) is 11.5. The van der Waals surface area contributed by atoms with Gasteiger partial charge in [-0.25, -0.2) is 9.97 Å². The maximum atomic E-state index is 13.6. The SMILES string of the molecule is CCN(CC)Cc1cc(Nc2ccc(C(F)(F)F)cc2)c2ccc(-c3ncccc3C(F)(F)F)nc2n1. The summed E-state index contributed by atoms with van der Waals surface area (Å²) in [6, 6.07) is 11.5. The molecule has 0 fully saturated rings. The molecule has 0 radical (unpaired) electrons. The summed E-state index contributed by atoms with van der Waals surface area (Å²) < 4.78 is 79.6. The zero-order valence-electron chi connectivity index (χ0n) is 20.0. The zero-order valence-corrected chi connectivity index (χ0v) is 20.0. The molecule has 1 N–H and O–H groups in total. The standard InChI is InChI=1S/C26H23F6N5/c1-3-37(4-2)15-18-14-22(34-17-9-7-16(8-10-17)25(27,28)29)19-11-12-21(36-24(19)35-18)23-20(26(30,31)32)6-5-13-33-23/h5-14H,3-4,15H2,1-2H3,(H,34,35,36). The molecular weight excluding hydrogens is 496 g/mol. The average Bonchev–Trinajstić information content (AvgIpc) is 2.86. The van der Waals surface area contributed by atoms with Crippen LogP contribution in [0.5, 0.6) is 0 Å². The van der Waals surface area contributed by atoms with E-state index < -0.39 is 23.5 Å². The molecule has 0 spiro atoms. The van der Waals surface area contributed by atoms with Crippen molar-refractivity contribution in [1.29, 1.82) is 0 Å². The number of benzene rings is 1. The lowest BCUT2D eigenvalue weighted by molar-refractivity contribution is -0.138. The monoisotopic (exact) mass is 519 g/mol. The minimum Gasteiger partial charge on any atom is -0.355 e. The molecule has 0 saturated heterocycles. The summed E-state index contributed by atoms with van der Waals surface area (Å²) in [5.41, 5.74) is -0.280. The second-order valence-corrected chi connectivity index (χ2v) is 8.29. The number of nitrogens with one attached hydrogen (secondary N) is 1. The summed E-state index contributed by atoms with van der Waals surface area (Å²) in [5, 5.41) is 3.61. The van der Waals surface area contributed by atoms with E-state index >= 15 is 0 Å². The van der Waals surface area contributed by atoms with Crippen molar-refractivity contribution in [2.75, 3.05) is 18.4 Å². The molecule has 0 atom stereocenters. The van der Waals surface area contributed by atoms with Gasteiger partial charge in [0.05, 0.1) is 28.2 Å². The van der Waals surface area contributed by atoms with E-state index in [4.69, 9.17) is 0 Å². The Hall–Kier alpha value is -3.73. The molecule has 0 saturated carbocycles. The van der Waals surface area contributed by atoms with Crippen molar-refractivity contribution in [3.63, 3.8) is 0 Å². The quantitative estimate of drug-likeness (QED) is 0.260. The molecule has 3 aromatic heterocycles. The van der Waals surface area contributed by atoms with Crippen molar-refractivity contribution < 1.29 is 26.3 Å². The molecule has 0 aliphatic rings. The fourth-order valence-corrected chi connectivity index (χ4v) is 3.89. The Morgan fingerprint density at radius 1 is 0.838 bits per heavy atom. The van der Waals surface area contributed by atoms with Gasteiger partial charge in [0.2, 0.25) is 0 Å². The third kappa shape index (κ3) is 5.99. The van der Waals surface area contributed by atoms with Gasteiger partial charge in [-0.15, -0.1) is 0 Å². The van der Waals surface area contributed by atoms with Crippen LogP contribution in [0.4, 0.5) is 37.7 Å². The van der Waals surface area contributed by atoms with Gasteiger partial charge in [0.15, 0.2) is 5.65 Å². The third-order valence-corrected chi connectivity index (χ3v) is 5.85. The molecule has 0 amide bonds. The number of alkyl halides is 6. The second-order valence-electron chi connectivity index (χ2n) is 8.29. The number of anilines is 2. The second kappa shape index (κ2) is 10.3. The van der Waals surface area contributed by atoms with Gasteiger partial charge in [0.1, 0.15) is 5.69 Å². The van der Waals surface area contributed by atoms with Crippen LogP contribution in [0.25, 0.3) is 22.4 Å². The summed E-state index contributed by atoms with van der Waals surface area (Å²) in [6.07, 6.45) is -7.81. The van der Waals surface area contributed by atoms with Crippen LogP contribution in [-0.2, 0) is 18.9 Å². The lowest BCUT2D eigenvalue weighted by Gasteiger charge is -2.19. The average molecular weight is 519 g/mol. The Bertz CT molecular complexity index is 1380. The Labute approximate surface area is 209 Å². The molecular formula is C26H23F6N5. The Kier molecular flexibility index (Phi) is 7.35. The highest BCUT2D eigenvalue weighted by Crippen LogP contribution is 2.36. The predicted octanol–water partition coefficient (Wildman–Crippen LogP) is 7.31. The number of pyridine rings is 3. The van der Waals surface area contributed by atoms with Gasteiger partial charge >= 0.3 is 12.4 Å². The molecule has 1 aromatic carbocycles.